The van der Waals surface area contributed by atoms with Gasteiger partial charge < -0.3 is 9.88 Å². The summed E-state index contributed by atoms with van der Waals surface area (Å²) in [4.78, 5) is 16.4. The molecule has 5 heteroatoms. The van der Waals surface area contributed by atoms with E-state index in [9.17, 15) is 9.18 Å². The molecule has 4 nitrogen and oxygen atoms in total. The van der Waals surface area contributed by atoms with Crippen molar-refractivity contribution >= 4 is 5.82 Å². The van der Waals surface area contributed by atoms with Crippen molar-refractivity contribution in [1.29, 1.82) is 0 Å². The number of hydrogen-bond donors (Lipinski definition) is 1. The summed E-state index contributed by atoms with van der Waals surface area (Å²) in [6.07, 6.45) is 5.47. The topological polar surface area (TPSA) is 46.9 Å². The lowest BCUT2D eigenvalue weighted by molar-refractivity contribution is 0.626. The number of halogens is 1. The summed E-state index contributed by atoms with van der Waals surface area (Å²) >= 11 is 0. The smallest absolute Gasteiger partial charge is 0.293 e. The average molecular weight is 273 g/mol. The zero-order valence-corrected chi connectivity index (χ0v) is 11.2. The summed E-state index contributed by atoms with van der Waals surface area (Å²) < 4.78 is 14.6. The summed E-state index contributed by atoms with van der Waals surface area (Å²) in [7, 11) is 0. The number of nitrogens with zero attached hydrogens (tertiary/aromatic N) is 2. The van der Waals surface area contributed by atoms with Gasteiger partial charge in [0, 0.05) is 18.4 Å². The molecule has 1 atom stereocenters. The predicted octanol–water partition coefficient (Wildman–Crippen LogP) is 2.89. The lowest BCUT2D eigenvalue weighted by atomic mass is 10.1. The first kappa shape index (κ1) is 12.8. The van der Waals surface area contributed by atoms with Crippen LogP contribution < -0.4 is 10.9 Å². The molecule has 0 bridgehead atoms. The highest BCUT2D eigenvalue weighted by atomic mass is 19.1. The van der Waals surface area contributed by atoms with E-state index >= 15 is 0 Å². The summed E-state index contributed by atoms with van der Waals surface area (Å²) in [5, 5.41) is 3.10. The molecule has 0 spiro atoms. The van der Waals surface area contributed by atoms with Gasteiger partial charge in [-0.3, -0.25) is 4.79 Å². The van der Waals surface area contributed by atoms with E-state index in [1.165, 1.54) is 12.1 Å². The third-order valence-corrected chi connectivity index (χ3v) is 3.53. The molecule has 0 saturated heterocycles. The van der Waals surface area contributed by atoms with Crippen molar-refractivity contribution in [2.45, 2.75) is 31.8 Å². The van der Waals surface area contributed by atoms with Crippen LogP contribution in [0, 0.1) is 5.82 Å². The first-order chi connectivity index (χ1) is 9.65. The maximum absolute atomic E-state index is 12.9. The van der Waals surface area contributed by atoms with Gasteiger partial charge in [0.05, 0.1) is 6.04 Å². The summed E-state index contributed by atoms with van der Waals surface area (Å²) in [5.41, 5.74) is 0.818. The largest absolute Gasteiger partial charge is 0.359 e. The van der Waals surface area contributed by atoms with Crippen molar-refractivity contribution in [3.05, 3.63) is 58.4 Å². The number of hydrogen-bond acceptors (Lipinski definition) is 3. The molecule has 2 aromatic rings. The second kappa shape index (κ2) is 5.07. The van der Waals surface area contributed by atoms with Crippen LogP contribution in [0.15, 0.2) is 41.5 Å². The molecular formula is C15H16FN3O. The Kier molecular flexibility index (Phi) is 3.26. The van der Waals surface area contributed by atoms with Gasteiger partial charge in [0.2, 0.25) is 0 Å². The van der Waals surface area contributed by atoms with Crippen molar-refractivity contribution < 1.29 is 4.39 Å². The molecule has 104 valence electrons. The average Bonchev–Trinajstić information content (AvgIpc) is 3.26. The van der Waals surface area contributed by atoms with Gasteiger partial charge in [-0.05, 0) is 37.5 Å². The van der Waals surface area contributed by atoms with Crippen LogP contribution in [-0.2, 0) is 0 Å². The summed E-state index contributed by atoms with van der Waals surface area (Å²) in [5.74, 6) is 0.0751. The van der Waals surface area contributed by atoms with Crippen LogP contribution in [0.4, 0.5) is 10.2 Å². The molecule has 1 unspecified atom stereocenters. The minimum atomic E-state index is -0.269. The van der Waals surface area contributed by atoms with Crippen molar-refractivity contribution in [3.8, 4) is 0 Å². The molecule has 1 saturated carbocycles. The fourth-order valence-electron chi connectivity index (χ4n) is 2.20. The molecule has 0 radical (unpaired) electrons. The fraction of sp³-hybridized carbons (Fsp3) is 0.333. The van der Waals surface area contributed by atoms with E-state index < -0.39 is 0 Å². The Morgan fingerprint density at radius 3 is 2.70 bits per heavy atom. The minimum Gasteiger partial charge on any atom is -0.359 e. The van der Waals surface area contributed by atoms with Gasteiger partial charge in [0.1, 0.15) is 5.82 Å². The van der Waals surface area contributed by atoms with Crippen LogP contribution in [0.1, 0.15) is 37.4 Å². The van der Waals surface area contributed by atoms with E-state index in [0.717, 1.165) is 18.4 Å². The van der Waals surface area contributed by atoms with E-state index in [0.29, 0.717) is 11.9 Å². The van der Waals surface area contributed by atoms with E-state index in [-0.39, 0.29) is 17.4 Å². The minimum absolute atomic E-state index is 0.0936. The maximum atomic E-state index is 12.9. The third kappa shape index (κ3) is 2.57. The van der Waals surface area contributed by atoms with Crippen LogP contribution in [0.25, 0.3) is 0 Å². The fourth-order valence-corrected chi connectivity index (χ4v) is 2.20. The van der Waals surface area contributed by atoms with E-state index in [1.54, 1.807) is 29.1 Å². The standard InChI is InChI=1S/C15H16FN3O/c1-10(11-2-4-12(16)5-3-11)18-14-15(20)19(9-8-17-14)13-6-7-13/h2-5,8-10,13H,6-7H2,1H3,(H,17,18). The van der Waals surface area contributed by atoms with Gasteiger partial charge in [-0.2, -0.15) is 0 Å². The highest BCUT2D eigenvalue weighted by molar-refractivity contribution is 5.36. The maximum Gasteiger partial charge on any atom is 0.293 e. The van der Waals surface area contributed by atoms with Gasteiger partial charge in [0.25, 0.3) is 5.56 Å². The Hall–Kier alpha value is -2.17. The lowest BCUT2D eigenvalue weighted by Crippen LogP contribution is -2.24. The molecule has 1 fully saturated rings. The van der Waals surface area contributed by atoms with Crippen LogP contribution in [-0.4, -0.2) is 9.55 Å². The molecule has 1 aromatic carbocycles. The van der Waals surface area contributed by atoms with Gasteiger partial charge in [-0.25, -0.2) is 9.37 Å². The highest BCUT2D eigenvalue weighted by Gasteiger charge is 2.25. The molecule has 1 heterocycles. The molecule has 1 aromatic heterocycles. The molecule has 0 amide bonds. The SMILES string of the molecule is CC(Nc1nccn(C2CC2)c1=O)c1ccc(F)cc1. The summed E-state index contributed by atoms with van der Waals surface area (Å²) in [6, 6.07) is 6.45. The van der Waals surface area contributed by atoms with Crippen LogP contribution in [0.3, 0.4) is 0 Å². The Morgan fingerprint density at radius 1 is 1.35 bits per heavy atom. The number of rotatable bonds is 4. The molecule has 1 aliphatic carbocycles. The molecule has 20 heavy (non-hydrogen) atoms. The monoisotopic (exact) mass is 273 g/mol. The van der Waals surface area contributed by atoms with E-state index in [2.05, 4.69) is 10.3 Å². The second-order valence-corrected chi connectivity index (χ2v) is 5.14. The van der Waals surface area contributed by atoms with Crippen molar-refractivity contribution in [1.82, 2.24) is 9.55 Å². The van der Waals surface area contributed by atoms with Gasteiger partial charge in [-0.1, -0.05) is 12.1 Å². The Morgan fingerprint density at radius 2 is 2.05 bits per heavy atom. The van der Waals surface area contributed by atoms with Crippen molar-refractivity contribution in [2.75, 3.05) is 5.32 Å². The number of anilines is 1. The van der Waals surface area contributed by atoms with Gasteiger partial charge in [0.15, 0.2) is 5.82 Å². The van der Waals surface area contributed by atoms with E-state index in [1.807, 2.05) is 6.92 Å². The van der Waals surface area contributed by atoms with Crippen molar-refractivity contribution in [2.24, 2.45) is 0 Å². The Balaban J connectivity index is 1.82. The zero-order valence-electron chi connectivity index (χ0n) is 11.2. The highest BCUT2D eigenvalue weighted by Crippen LogP contribution is 2.33. The second-order valence-electron chi connectivity index (χ2n) is 5.14. The van der Waals surface area contributed by atoms with Crippen LogP contribution in [0.2, 0.25) is 0 Å². The number of benzene rings is 1. The Bertz CT molecular complexity index is 662. The third-order valence-electron chi connectivity index (χ3n) is 3.53. The molecule has 0 aliphatic heterocycles. The van der Waals surface area contributed by atoms with Crippen molar-refractivity contribution in [3.63, 3.8) is 0 Å². The zero-order chi connectivity index (χ0) is 14.1. The van der Waals surface area contributed by atoms with Crippen LogP contribution >= 0.6 is 0 Å². The molecule has 1 aliphatic rings. The van der Waals surface area contributed by atoms with Gasteiger partial charge >= 0.3 is 0 Å². The Labute approximate surface area is 116 Å². The van der Waals surface area contributed by atoms with E-state index in [4.69, 9.17) is 0 Å². The molecule has 3 rings (SSSR count). The quantitative estimate of drug-likeness (QED) is 0.931. The first-order valence-electron chi connectivity index (χ1n) is 6.74. The normalized spacial score (nSPS) is 15.9. The molecular weight excluding hydrogens is 257 g/mol. The van der Waals surface area contributed by atoms with Gasteiger partial charge in [-0.15, -0.1) is 0 Å². The predicted molar refractivity (Wildman–Crippen MR) is 75.2 cm³/mol. The summed E-state index contributed by atoms with van der Waals surface area (Å²) in [6.45, 7) is 1.92. The van der Waals surface area contributed by atoms with Crippen LogP contribution in [0.5, 0.6) is 0 Å². The number of nitrogens with one attached hydrogen (secondary N) is 1. The molecule has 1 N–H and O–H groups in total. The number of aromatic nitrogens is 2. The first-order valence-corrected chi connectivity index (χ1v) is 6.74. The lowest BCUT2D eigenvalue weighted by Gasteiger charge is -2.15.